The minimum absolute atomic E-state index is 0.0182. The van der Waals surface area contributed by atoms with Crippen LogP contribution in [-0.4, -0.2) is 45.4 Å². The number of β-amino-alcohol motifs (C(OH)–C–C–N with tert-alkyl or cyclic N) is 1. The number of aliphatic hydroxyl groups excluding tert-OH is 1. The van der Waals surface area contributed by atoms with E-state index in [0.717, 1.165) is 5.56 Å². The second-order valence-corrected chi connectivity index (χ2v) is 8.26. The van der Waals surface area contributed by atoms with Gasteiger partial charge in [-0.2, -0.15) is 0 Å². The van der Waals surface area contributed by atoms with Crippen LogP contribution in [0.5, 0.6) is 11.5 Å². The fraction of sp³-hybridized carbons (Fsp3) is 0.333. The summed E-state index contributed by atoms with van der Waals surface area (Å²) < 4.78 is 5.33. The predicted octanol–water partition coefficient (Wildman–Crippen LogP) is 2.47. The van der Waals surface area contributed by atoms with E-state index in [2.05, 4.69) is 10.6 Å². The third-order valence-electron chi connectivity index (χ3n) is 4.75. The summed E-state index contributed by atoms with van der Waals surface area (Å²) in [7, 11) is 0. The van der Waals surface area contributed by atoms with E-state index in [-0.39, 0.29) is 34.8 Å². The summed E-state index contributed by atoms with van der Waals surface area (Å²) in [5.41, 5.74) is 0.958. The molecule has 2 atom stereocenters. The Bertz CT molecular complexity index is 961. The molecule has 8 nitrogen and oxygen atoms in total. The van der Waals surface area contributed by atoms with Crippen LogP contribution in [-0.2, 0) is 16.0 Å². The number of fused-ring (bicyclic) bond motifs is 1. The average molecular weight is 435 g/mol. The zero-order valence-electron chi connectivity index (χ0n) is 16.5. The number of hydrogen-bond acceptors (Lipinski definition) is 6. The van der Waals surface area contributed by atoms with Gasteiger partial charge in [-0.25, -0.2) is 4.79 Å². The lowest BCUT2D eigenvalue weighted by atomic mass is 9.94. The first-order chi connectivity index (χ1) is 14.1. The minimum atomic E-state index is -1.73. The molecule has 0 aromatic heterocycles. The molecule has 0 aliphatic carbocycles. The van der Waals surface area contributed by atoms with Crippen LogP contribution in [0.4, 0.5) is 5.69 Å². The van der Waals surface area contributed by atoms with Gasteiger partial charge in [0.15, 0.2) is 5.75 Å². The third kappa shape index (κ3) is 5.02. The number of rotatable bonds is 7. The van der Waals surface area contributed by atoms with Crippen LogP contribution in [0.25, 0.3) is 0 Å². The van der Waals surface area contributed by atoms with Gasteiger partial charge in [0.1, 0.15) is 5.75 Å². The van der Waals surface area contributed by atoms with Crippen molar-refractivity contribution < 1.29 is 29.6 Å². The van der Waals surface area contributed by atoms with Crippen molar-refractivity contribution in [3.63, 3.8) is 0 Å². The van der Waals surface area contributed by atoms with Crippen molar-refractivity contribution in [1.82, 2.24) is 5.32 Å². The van der Waals surface area contributed by atoms with Gasteiger partial charge >= 0.3 is 5.97 Å². The first-order valence-corrected chi connectivity index (χ1v) is 9.68. The second-order valence-electron chi connectivity index (χ2n) is 7.82. The number of halogens is 1. The number of aromatic hydroxyl groups is 1. The van der Waals surface area contributed by atoms with E-state index < -0.39 is 24.1 Å². The van der Waals surface area contributed by atoms with Crippen LogP contribution >= 0.6 is 11.6 Å². The van der Waals surface area contributed by atoms with E-state index >= 15 is 0 Å². The highest BCUT2D eigenvalue weighted by molar-refractivity contribution is 6.30. The van der Waals surface area contributed by atoms with Gasteiger partial charge in [-0.1, -0.05) is 23.7 Å². The number of phenolic OH excluding ortho intramolecular Hbond substituents is 1. The van der Waals surface area contributed by atoms with E-state index in [1.165, 1.54) is 12.1 Å². The standard InChI is InChI=1S/C21H23ClN2O6/c1-21(2,9-11-3-5-12(22)6-4-11)23-10-16(26)14-7-13(25)8-15-17(14)30-18(20(28)29)19(27)24-15/h3-8,16,18,23,25-26H,9-10H2,1-2H3,(H,24,27)(H,28,29). The van der Waals surface area contributed by atoms with Crippen molar-refractivity contribution in [2.75, 3.05) is 11.9 Å². The van der Waals surface area contributed by atoms with Crippen molar-refractivity contribution >= 4 is 29.2 Å². The zero-order chi connectivity index (χ0) is 22.1. The molecule has 160 valence electrons. The molecule has 1 heterocycles. The number of anilines is 1. The monoisotopic (exact) mass is 434 g/mol. The van der Waals surface area contributed by atoms with Crippen molar-refractivity contribution in [3.8, 4) is 11.5 Å². The van der Waals surface area contributed by atoms with Crippen LogP contribution in [0, 0.1) is 0 Å². The molecule has 2 unspecified atom stereocenters. The van der Waals surface area contributed by atoms with Crippen molar-refractivity contribution in [2.45, 2.75) is 38.0 Å². The van der Waals surface area contributed by atoms with Gasteiger partial charge in [-0.3, -0.25) is 4.79 Å². The molecule has 5 N–H and O–H groups in total. The van der Waals surface area contributed by atoms with Gasteiger partial charge in [-0.15, -0.1) is 0 Å². The van der Waals surface area contributed by atoms with E-state index in [1.54, 1.807) is 0 Å². The maximum atomic E-state index is 11.9. The van der Waals surface area contributed by atoms with Gasteiger partial charge in [0.05, 0.1) is 11.8 Å². The Morgan fingerprint density at radius 2 is 1.97 bits per heavy atom. The van der Waals surface area contributed by atoms with Crippen molar-refractivity contribution in [3.05, 3.63) is 52.5 Å². The molecule has 0 spiro atoms. The molecular formula is C21H23ClN2O6. The molecule has 1 aliphatic rings. The molecule has 3 rings (SSSR count). The number of aliphatic carboxylic acids is 1. The molecule has 1 aliphatic heterocycles. The number of amides is 1. The molecule has 30 heavy (non-hydrogen) atoms. The maximum absolute atomic E-state index is 11.9. The third-order valence-corrected chi connectivity index (χ3v) is 5.00. The molecular weight excluding hydrogens is 412 g/mol. The maximum Gasteiger partial charge on any atom is 0.354 e. The van der Waals surface area contributed by atoms with Crippen LogP contribution < -0.4 is 15.4 Å². The first kappa shape index (κ1) is 21.9. The molecule has 0 fully saturated rings. The minimum Gasteiger partial charge on any atom is -0.508 e. The van der Waals surface area contributed by atoms with E-state index in [0.29, 0.717) is 11.4 Å². The molecule has 0 bridgehead atoms. The highest BCUT2D eigenvalue weighted by Crippen LogP contribution is 2.40. The molecule has 2 aromatic rings. The zero-order valence-corrected chi connectivity index (χ0v) is 17.2. The summed E-state index contributed by atoms with van der Waals surface area (Å²) >= 11 is 5.92. The van der Waals surface area contributed by atoms with Crippen LogP contribution in [0.2, 0.25) is 5.02 Å². The number of ether oxygens (including phenoxy) is 1. The molecule has 0 saturated carbocycles. The van der Waals surface area contributed by atoms with Crippen LogP contribution in [0.15, 0.2) is 36.4 Å². The summed E-state index contributed by atoms with van der Waals surface area (Å²) in [5.74, 6) is -2.48. The lowest BCUT2D eigenvalue weighted by Crippen LogP contribution is -2.44. The van der Waals surface area contributed by atoms with E-state index in [9.17, 15) is 19.8 Å². The van der Waals surface area contributed by atoms with E-state index in [4.69, 9.17) is 21.4 Å². The number of nitrogens with one attached hydrogen (secondary N) is 2. The lowest BCUT2D eigenvalue weighted by molar-refractivity contribution is -0.149. The normalized spacial score (nSPS) is 16.9. The van der Waals surface area contributed by atoms with Crippen LogP contribution in [0.1, 0.15) is 31.1 Å². The number of aliphatic hydroxyl groups is 1. The Labute approximate surface area is 178 Å². The smallest absolute Gasteiger partial charge is 0.354 e. The summed E-state index contributed by atoms with van der Waals surface area (Å²) in [5, 5.41) is 36.2. The summed E-state index contributed by atoms with van der Waals surface area (Å²) in [6, 6.07) is 10.00. The SMILES string of the molecule is CC(C)(Cc1ccc(Cl)cc1)NCC(O)c1cc(O)cc2c1OC(C(=O)O)C(=O)N2. The number of hydrogen-bond donors (Lipinski definition) is 5. The summed E-state index contributed by atoms with van der Waals surface area (Å²) in [6.45, 7) is 4.05. The van der Waals surface area contributed by atoms with Gasteiger partial charge < -0.3 is 30.7 Å². The highest BCUT2D eigenvalue weighted by Gasteiger charge is 2.36. The Kier molecular flexibility index (Phi) is 6.21. The fourth-order valence-corrected chi connectivity index (χ4v) is 3.42. The van der Waals surface area contributed by atoms with E-state index in [1.807, 2.05) is 38.1 Å². The number of carboxylic acid groups (broad SMARTS) is 1. The fourth-order valence-electron chi connectivity index (χ4n) is 3.30. The summed E-state index contributed by atoms with van der Waals surface area (Å²) in [4.78, 5) is 23.1. The number of carbonyl (C=O) groups excluding carboxylic acids is 1. The number of benzene rings is 2. The van der Waals surface area contributed by atoms with Crippen molar-refractivity contribution in [1.29, 1.82) is 0 Å². The Balaban J connectivity index is 1.75. The Morgan fingerprint density at radius 1 is 1.30 bits per heavy atom. The van der Waals surface area contributed by atoms with Crippen molar-refractivity contribution in [2.24, 2.45) is 0 Å². The molecule has 0 radical (unpaired) electrons. The largest absolute Gasteiger partial charge is 0.508 e. The number of carbonyl (C=O) groups is 2. The molecule has 0 saturated heterocycles. The molecule has 9 heteroatoms. The molecule has 2 aromatic carbocycles. The first-order valence-electron chi connectivity index (χ1n) is 9.30. The topological polar surface area (TPSA) is 128 Å². The highest BCUT2D eigenvalue weighted by atomic mass is 35.5. The predicted molar refractivity (Wildman–Crippen MR) is 111 cm³/mol. The Morgan fingerprint density at radius 3 is 2.60 bits per heavy atom. The van der Waals surface area contributed by atoms with Crippen LogP contribution in [0.3, 0.4) is 0 Å². The number of phenols is 1. The lowest BCUT2D eigenvalue weighted by Gasteiger charge is -2.30. The second kappa shape index (κ2) is 8.51. The molecule has 1 amide bonds. The number of carboxylic acids is 1. The van der Waals surface area contributed by atoms with Gasteiger partial charge in [0, 0.05) is 28.7 Å². The Hall–Kier alpha value is -2.81. The van der Waals surface area contributed by atoms with Gasteiger partial charge in [0.2, 0.25) is 0 Å². The van der Waals surface area contributed by atoms with Gasteiger partial charge in [-0.05, 0) is 44.0 Å². The quantitative estimate of drug-likeness (QED) is 0.423. The average Bonchev–Trinajstić information content (AvgIpc) is 2.66. The van der Waals surface area contributed by atoms with Gasteiger partial charge in [0.25, 0.3) is 12.0 Å². The summed E-state index contributed by atoms with van der Waals surface area (Å²) in [6.07, 6.45) is -2.19.